The molecule has 5 nitrogen and oxygen atoms in total. The Bertz CT molecular complexity index is 1250. The molecule has 0 atom stereocenters. The van der Waals surface area contributed by atoms with Crippen LogP contribution in [-0.2, 0) is 6.54 Å². The molecule has 0 aliphatic rings. The van der Waals surface area contributed by atoms with Gasteiger partial charge >= 0.3 is 0 Å². The zero-order valence-electron chi connectivity index (χ0n) is 15.1. The minimum absolute atomic E-state index is 0.0365. The highest BCUT2D eigenvalue weighted by atomic mass is 35.5. The standard InChI is InChI=1S/C22H15Cl2N3O2/c23-16-5-3-14(4-6-16)13-27-20-15(2-1-11-25-20)12-19(22(27)29)21(28)26-18-9-7-17(24)8-10-18/h1-12H,13H2,(H,26,28). The fourth-order valence-corrected chi connectivity index (χ4v) is 3.27. The second-order valence-corrected chi connectivity index (χ2v) is 7.33. The van der Waals surface area contributed by atoms with Gasteiger partial charge in [0.05, 0.1) is 6.54 Å². The van der Waals surface area contributed by atoms with Crippen LogP contribution in [0.4, 0.5) is 5.69 Å². The summed E-state index contributed by atoms with van der Waals surface area (Å²) in [4.78, 5) is 30.3. The Balaban J connectivity index is 1.77. The van der Waals surface area contributed by atoms with Crippen molar-refractivity contribution in [1.82, 2.24) is 9.55 Å². The molecule has 0 spiro atoms. The predicted octanol–water partition coefficient (Wildman–Crippen LogP) is 5.00. The molecule has 7 heteroatoms. The number of aromatic nitrogens is 2. The highest BCUT2D eigenvalue weighted by Crippen LogP contribution is 2.17. The fraction of sp³-hybridized carbons (Fsp3) is 0.0455. The monoisotopic (exact) mass is 423 g/mol. The van der Waals surface area contributed by atoms with E-state index >= 15 is 0 Å². The molecule has 0 bridgehead atoms. The number of amides is 1. The van der Waals surface area contributed by atoms with Crippen molar-refractivity contribution < 1.29 is 4.79 Å². The van der Waals surface area contributed by atoms with E-state index in [1.165, 1.54) is 4.57 Å². The maximum atomic E-state index is 13.2. The van der Waals surface area contributed by atoms with Crippen LogP contribution in [0.15, 0.2) is 77.7 Å². The predicted molar refractivity (Wildman–Crippen MR) is 116 cm³/mol. The zero-order valence-corrected chi connectivity index (χ0v) is 16.6. The van der Waals surface area contributed by atoms with E-state index in [1.54, 1.807) is 54.7 Å². The molecule has 0 aliphatic carbocycles. The van der Waals surface area contributed by atoms with Crippen molar-refractivity contribution >= 4 is 45.8 Å². The number of nitrogens with one attached hydrogen (secondary N) is 1. The Labute approximate surface area is 176 Å². The third kappa shape index (κ3) is 4.16. The minimum Gasteiger partial charge on any atom is -0.322 e. The summed E-state index contributed by atoms with van der Waals surface area (Å²) in [5, 5.41) is 4.61. The second-order valence-electron chi connectivity index (χ2n) is 6.45. The van der Waals surface area contributed by atoms with Crippen molar-refractivity contribution in [3.05, 3.63) is 104 Å². The van der Waals surface area contributed by atoms with E-state index in [2.05, 4.69) is 10.3 Å². The number of rotatable bonds is 4. The van der Waals surface area contributed by atoms with Crippen LogP contribution in [0.5, 0.6) is 0 Å². The van der Waals surface area contributed by atoms with Crippen LogP contribution >= 0.6 is 23.2 Å². The quantitative estimate of drug-likeness (QED) is 0.501. The number of fused-ring (bicyclic) bond motifs is 1. The van der Waals surface area contributed by atoms with Crippen molar-refractivity contribution in [2.75, 3.05) is 5.32 Å². The Hall–Kier alpha value is -3.15. The van der Waals surface area contributed by atoms with Gasteiger partial charge in [-0.1, -0.05) is 35.3 Å². The first kappa shape index (κ1) is 19.2. The van der Waals surface area contributed by atoms with E-state index in [4.69, 9.17) is 23.2 Å². The Morgan fingerprint density at radius 3 is 2.31 bits per heavy atom. The molecule has 4 rings (SSSR count). The highest BCUT2D eigenvalue weighted by Gasteiger charge is 2.17. The normalized spacial score (nSPS) is 10.8. The molecule has 2 aromatic heterocycles. The van der Waals surface area contributed by atoms with Gasteiger partial charge in [-0.15, -0.1) is 0 Å². The highest BCUT2D eigenvalue weighted by molar-refractivity contribution is 6.30. The molecule has 2 aromatic carbocycles. The Kier molecular flexibility index (Phi) is 5.34. The maximum absolute atomic E-state index is 13.2. The summed E-state index contributed by atoms with van der Waals surface area (Å²) in [6.45, 7) is 0.269. The first-order valence-electron chi connectivity index (χ1n) is 8.81. The summed E-state index contributed by atoms with van der Waals surface area (Å²) >= 11 is 11.8. The maximum Gasteiger partial charge on any atom is 0.265 e. The van der Waals surface area contributed by atoms with Gasteiger partial charge in [0.15, 0.2) is 0 Å². The summed E-state index contributed by atoms with van der Waals surface area (Å²) < 4.78 is 1.50. The number of benzene rings is 2. The van der Waals surface area contributed by atoms with Gasteiger partial charge < -0.3 is 5.32 Å². The molecule has 2 heterocycles. The first-order valence-corrected chi connectivity index (χ1v) is 9.57. The number of anilines is 1. The molecule has 0 aliphatic heterocycles. The largest absolute Gasteiger partial charge is 0.322 e. The van der Waals surface area contributed by atoms with Gasteiger partial charge in [-0.05, 0) is 60.2 Å². The third-order valence-corrected chi connectivity index (χ3v) is 4.95. The molecule has 1 N–H and O–H groups in total. The van der Waals surface area contributed by atoms with Gasteiger partial charge in [0, 0.05) is 27.3 Å². The fourth-order valence-electron chi connectivity index (χ4n) is 3.02. The van der Waals surface area contributed by atoms with Crippen LogP contribution in [0.2, 0.25) is 10.0 Å². The summed E-state index contributed by atoms with van der Waals surface area (Å²) in [7, 11) is 0. The molecule has 1 amide bonds. The van der Waals surface area contributed by atoms with E-state index < -0.39 is 11.5 Å². The van der Waals surface area contributed by atoms with Crippen LogP contribution in [0.25, 0.3) is 11.0 Å². The van der Waals surface area contributed by atoms with E-state index in [0.29, 0.717) is 26.8 Å². The lowest BCUT2D eigenvalue weighted by Crippen LogP contribution is -2.30. The number of hydrogen-bond donors (Lipinski definition) is 1. The van der Waals surface area contributed by atoms with Gasteiger partial charge in [0.25, 0.3) is 11.5 Å². The van der Waals surface area contributed by atoms with Crippen LogP contribution < -0.4 is 10.9 Å². The molecule has 0 saturated heterocycles. The van der Waals surface area contributed by atoms with E-state index in [0.717, 1.165) is 5.56 Å². The molecule has 29 heavy (non-hydrogen) atoms. The van der Waals surface area contributed by atoms with Crippen LogP contribution in [0.1, 0.15) is 15.9 Å². The number of pyridine rings is 2. The summed E-state index contributed by atoms with van der Waals surface area (Å²) in [6, 6.07) is 19.0. The van der Waals surface area contributed by atoms with Crippen molar-refractivity contribution in [1.29, 1.82) is 0 Å². The molecule has 0 saturated carbocycles. The third-order valence-electron chi connectivity index (χ3n) is 4.45. The van der Waals surface area contributed by atoms with Crippen LogP contribution in [-0.4, -0.2) is 15.5 Å². The zero-order chi connectivity index (χ0) is 20.4. The van der Waals surface area contributed by atoms with Gasteiger partial charge in [-0.2, -0.15) is 0 Å². The van der Waals surface area contributed by atoms with E-state index in [9.17, 15) is 9.59 Å². The second kappa shape index (κ2) is 8.07. The van der Waals surface area contributed by atoms with E-state index in [1.807, 2.05) is 18.2 Å². The number of carbonyl (C=O) groups is 1. The smallest absolute Gasteiger partial charge is 0.265 e. The number of hydrogen-bond acceptors (Lipinski definition) is 3. The lowest BCUT2D eigenvalue weighted by Gasteiger charge is -2.12. The topological polar surface area (TPSA) is 64.0 Å². The summed E-state index contributed by atoms with van der Waals surface area (Å²) in [6.07, 6.45) is 1.62. The summed E-state index contributed by atoms with van der Waals surface area (Å²) in [5.41, 5.74) is 1.55. The minimum atomic E-state index is -0.493. The van der Waals surface area contributed by atoms with Crippen molar-refractivity contribution in [2.24, 2.45) is 0 Å². The van der Waals surface area contributed by atoms with Gasteiger partial charge in [-0.25, -0.2) is 4.98 Å². The average molecular weight is 424 g/mol. The van der Waals surface area contributed by atoms with Crippen molar-refractivity contribution in [2.45, 2.75) is 6.54 Å². The molecule has 144 valence electrons. The average Bonchev–Trinajstić information content (AvgIpc) is 2.73. The number of nitrogens with zero attached hydrogens (tertiary/aromatic N) is 2. The van der Waals surface area contributed by atoms with Crippen LogP contribution in [0.3, 0.4) is 0 Å². The molecular formula is C22H15Cl2N3O2. The lowest BCUT2D eigenvalue weighted by atomic mass is 10.1. The Morgan fingerprint density at radius 2 is 1.62 bits per heavy atom. The van der Waals surface area contributed by atoms with Gasteiger partial charge in [0.1, 0.15) is 11.2 Å². The first-order chi connectivity index (χ1) is 14.0. The molecule has 4 aromatic rings. The lowest BCUT2D eigenvalue weighted by molar-refractivity contribution is 0.102. The molecule has 0 radical (unpaired) electrons. The summed E-state index contributed by atoms with van der Waals surface area (Å²) in [5.74, 6) is -0.493. The molecule has 0 unspecified atom stereocenters. The number of halogens is 2. The Morgan fingerprint density at radius 1 is 0.966 bits per heavy atom. The molecular weight excluding hydrogens is 409 g/mol. The van der Waals surface area contributed by atoms with E-state index in [-0.39, 0.29) is 12.1 Å². The SMILES string of the molecule is O=C(Nc1ccc(Cl)cc1)c1cc2cccnc2n(Cc2ccc(Cl)cc2)c1=O. The van der Waals surface area contributed by atoms with Crippen molar-refractivity contribution in [3.8, 4) is 0 Å². The van der Waals surface area contributed by atoms with Crippen LogP contribution in [0, 0.1) is 0 Å². The van der Waals surface area contributed by atoms with Crippen molar-refractivity contribution in [3.63, 3.8) is 0 Å². The van der Waals surface area contributed by atoms with Gasteiger partial charge in [-0.3, -0.25) is 14.2 Å². The van der Waals surface area contributed by atoms with Gasteiger partial charge in [0.2, 0.25) is 0 Å². The molecule has 0 fully saturated rings. The number of carbonyl (C=O) groups excluding carboxylic acids is 1.